The molecule has 0 radical (unpaired) electrons. The molecule has 0 spiro atoms. The minimum atomic E-state index is -0.0910. The summed E-state index contributed by atoms with van der Waals surface area (Å²) in [5, 5.41) is 9.45. The average Bonchev–Trinajstić information content (AvgIpc) is 2.92. The third-order valence-electron chi connectivity index (χ3n) is 4.03. The first-order valence-corrected chi connectivity index (χ1v) is 8.22. The lowest BCUT2D eigenvalue weighted by atomic mass is 9.96. The molecule has 1 saturated heterocycles. The SMILES string of the molecule is Cc1cc(NC(=O)C2CCN(C(=O)NCCC(C)C)CC2)no1. The number of anilines is 1. The van der Waals surface area contributed by atoms with Crippen LogP contribution in [0.2, 0.25) is 0 Å². The van der Waals surface area contributed by atoms with E-state index < -0.39 is 0 Å². The maximum absolute atomic E-state index is 12.2. The lowest BCUT2D eigenvalue weighted by Gasteiger charge is -2.31. The standard InChI is InChI=1S/C16H26N4O3/c1-11(2)4-7-17-16(22)20-8-5-13(6-9-20)15(21)18-14-10-12(3)23-19-14/h10-11,13H,4-9H2,1-3H3,(H,17,22)(H,18,19,21). The fraction of sp³-hybridized carbons (Fsp3) is 0.688. The van der Waals surface area contributed by atoms with Gasteiger partial charge in [0.25, 0.3) is 0 Å². The molecule has 2 N–H and O–H groups in total. The fourth-order valence-electron chi connectivity index (χ4n) is 2.58. The molecule has 0 aliphatic carbocycles. The molecule has 128 valence electrons. The predicted octanol–water partition coefficient (Wildman–Crippen LogP) is 2.39. The van der Waals surface area contributed by atoms with E-state index in [0.717, 1.165) is 6.42 Å². The number of aryl methyl sites for hydroxylation is 1. The van der Waals surface area contributed by atoms with Crippen molar-refractivity contribution in [3.05, 3.63) is 11.8 Å². The summed E-state index contributed by atoms with van der Waals surface area (Å²) < 4.78 is 4.93. The maximum Gasteiger partial charge on any atom is 0.317 e. The second-order valence-corrected chi connectivity index (χ2v) is 6.49. The third kappa shape index (κ3) is 5.26. The van der Waals surface area contributed by atoms with E-state index in [1.165, 1.54) is 0 Å². The summed E-state index contributed by atoms with van der Waals surface area (Å²) >= 11 is 0. The van der Waals surface area contributed by atoms with Crippen LogP contribution >= 0.6 is 0 Å². The molecule has 3 amide bonds. The molecular weight excluding hydrogens is 296 g/mol. The summed E-state index contributed by atoms with van der Waals surface area (Å²) in [7, 11) is 0. The second-order valence-electron chi connectivity index (χ2n) is 6.49. The van der Waals surface area contributed by atoms with Crippen molar-refractivity contribution in [2.75, 3.05) is 25.0 Å². The van der Waals surface area contributed by atoms with E-state index in [1.807, 2.05) is 0 Å². The van der Waals surface area contributed by atoms with Gasteiger partial charge in [-0.15, -0.1) is 0 Å². The molecule has 1 aromatic rings. The van der Waals surface area contributed by atoms with Crippen molar-refractivity contribution in [2.24, 2.45) is 11.8 Å². The van der Waals surface area contributed by atoms with Gasteiger partial charge in [-0.25, -0.2) is 4.79 Å². The van der Waals surface area contributed by atoms with E-state index in [9.17, 15) is 9.59 Å². The molecule has 1 aliphatic heterocycles. The van der Waals surface area contributed by atoms with Crippen LogP contribution in [0, 0.1) is 18.8 Å². The Hall–Kier alpha value is -2.05. The summed E-state index contributed by atoms with van der Waals surface area (Å²) in [4.78, 5) is 26.0. The molecule has 1 fully saturated rings. The molecule has 2 heterocycles. The summed E-state index contributed by atoms with van der Waals surface area (Å²) in [6, 6.07) is 1.66. The monoisotopic (exact) mass is 322 g/mol. The van der Waals surface area contributed by atoms with E-state index in [-0.39, 0.29) is 17.9 Å². The highest BCUT2D eigenvalue weighted by molar-refractivity contribution is 5.91. The van der Waals surface area contributed by atoms with Crippen molar-refractivity contribution >= 4 is 17.8 Å². The van der Waals surface area contributed by atoms with Crippen LogP contribution in [0.4, 0.5) is 10.6 Å². The number of rotatable bonds is 5. The topological polar surface area (TPSA) is 87.5 Å². The normalized spacial score (nSPS) is 15.7. The van der Waals surface area contributed by atoms with Crippen LogP contribution in [-0.4, -0.2) is 41.6 Å². The molecule has 7 nitrogen and oxygen atoms in total. The highest BCUT2D eigenvalue weighted by Crippen LogP contribution is 2.19. The quantitative estimate of drug-likeness (QED) is 0.871. The second kappa shape index (κ2) is 7.99. The summed E-state index contributed by atoms with van der Waals surface area (Å²) in [6.45, 7) is 7.94. The largest absolute Gasteiger partial charge is 0.360 e. The molecule has 23 heavy (non-hydrogen) atoms. The zero-order valence-electron chi connectivity index (χ0n) is 14.1. The van der Waals surface area contributed by atoms with E-state index in [2.05, 4.69) is 29.6 Å². The number of hydrogen-bond donors (Lipinski definition) is 2. The number of carbonyl (C=O) groups excluding carboxylic acids is 2. The van der Waals surface area contributed by atoms with Crippen molar-refractivity contribution in [3.63, 3.8) is 0 Å². The summed E-state index contributed by atoms with van der Waals surface area (Å²) in [5.41, 5.74) is 0. The number of nitrogens with one attached hydrogen (secondary N) is 2. The van der Waals surface area contributed by atoms with Gasteiger partial charge in [-0.1, -0.05) is 19.0 Å². The van der Waals surface area contributed by atoms with Gasteiger partial charge < -0.3 is 20.1 Å². The molecule has 0 aromatic carbocycles. The Morgan fingerprint density at radius 1 is 1.39 bits per heavy atom. The Morgan fingerprint density at radius 3 is 2.65 bits per heavy atom. The Morgan fingerprint density at radius 2 is 2.09 bits per heavy atom. The average molecular weight is 322 g/mol. The molecule has 0 saturated carbocycles. The Balaban J connectivity index is 1.72. The van der Waals surface area contributed by atoms with Crippen molar-refractivity contribution in [1.82, 2.24) is 15.4 Å². The van der Waals surface area contributed by atoms with Gasteiger partial charge >= 0.3 is 6.03 Å². The lowest BCUT2D eigenvalue weighted by Crippen LogP contribution is -2.46. The van der Waals surface area contributed by atoms with Gasteiger partial charge in [0.05, 0.1) is 0 Å². The van der Waals surface area contributed by atoms with Crippen LogP contribution in [0.5, 0.6) is 0 Å². The highest BCUT2D eigenvalue weighted by atomic mass is 16.5. The van der Waals surface area contributed by atoms with Gasteiger partial charge in [0.15, 0.2) is 5.82 Å². The summed E-state index contributed by atoms with van der Waals surface area (Å²) in [5.74, 6) is 1.53. The minimum absolute atomic E-state index is 0.0309. The van der Waals surface area contributed by atoms with E-state index in [4.69, 9.17) is 4.52 Å². The summed E-state index contributed by atoms with van der Waals surface area (Å²) in [6.07, 6.45) is 2.31. The van der Waals surface area contributed by atoms with Crippen LogP contribution in [0.3, 0.4) is 0 Å². The number of amides is 3. The fourth-order valence-corrected chi connectivity index (χ4v) is 2.58. The Labute approximate surface area is 136 Å². The van der Waals surface area contributed by atoms with E-state index in [0.29, 0.717) is 50.0 Å². The van der Waals surface area contributed by atoms with Crippen LogP contribution in [0.25, 0.3) is 0 Å². The lowest BCUT2D eigenvalue weighted by molar-refractivity contribution is -0.121. The Bertz CT molecular complexity index is 533. The maximum atomic E-state index is 12.2. The number of piperidine rings is 1. The molecule has 1 aromatic heterocycles. The molecule has 0 unspecified atom stereocenters. The van der Waals surface area contributed by atoms with Crippen molar-refractivity contribution in [2.45, 2.75) is 40.0 Å². The number of hydrogen-bond acceptors (Lipinski definition) is 4. The van der Waals surface area contributed by atoms with Gasteiger partial charge in [0, 0.05) is 31.6 Å². The van der Waals surface area contributed by atoms with Crippen LogP contribution in [-0.2, 0) is 4.79 Å². The van der Waals surface area contributed by atoms with Crippen LogP contribution in [0.15, 0.2) is 10.6 Å². The molecule has 7 heteroatoms. The zero-order valence-corrected chi connectivity index (χ0v) is 14.1. The van der Waals surface area contributed by atoms with Crippen molar-refractivity contribution < 1.29 is 14.1 Å². The van der Waals surface area contributed by atoms with Gasteiger partial charge in [0.2, 0.25) is 5.91 Å². The van der Waals surface area contributed by atoms with Gasteiger partial charge in [-0.2, -0.15) is 0 Å². The van der Waals surface area contributed by atoms with Crippen molar-refractivity contribution in [1.29, 1.82) is 0 Å². The molecule has 0 bridgehead atoms. The van der Waals surface area contributed by atoms with Gasteiger partial charge in [-0.3, -0.25) is 4.79 Å². The van der Waals surface area contributed by atoms with Crippen molar-refractivity contribution in [3.8, 4) is 0 Å². The predicted molar refractivity (Wildman–Crippen MR) is 87.0 cm³/mol. The molecule has 1 aliphatic rings. The number of aromatic nitrogens is 1. The zero-order chi connectivity index (χ0) is 16.8. The van der Waals surface area contributed by atoms with Crippen LogP contribution in [0.1, 0.15) is 38.9 Å². The first-order valence-electron chi connectivity index (χ1n) is 8.22. The Kier molecular flexibility index (Phi) is 6.01. The van der Waals surface area contributed by atoms with E-state index in [1.54, 1.807) is 17.9 Å². The smallest absolute Gasteiger partial charge is 0.317 e. The third-order valence-corrected chi connectivity index (χ3v) is 4.03. The first-order chi connectivity index (χ1) is 11.0. The highest BCUT2D eigenvalue weighted by Gasteiger charge is 2.27. The van der Waals surface area contributed by atoms with Gasteiger partial charge in [0.1, 0.15) is 5.76 Å². The van der Waals surface area contributed by atoms with Crippen LogP contribution < -0.4 is 10.6 Å². The minimum Gasteiger partial charge on any atom is -0.360 e. The van der Waals surface area contributed by atoms with Gasteiger partial charge in [-0.05, 0) is 32.1 Å². The number of nitrogens with zero attached hydrogens (tertiary/aromatic N) is 2. The number of urea groups is 1. The number of carbonyl (C=O) groups is 2. The molecular formula is C16H26N4O3. The van der Waals surface area contributed by atoms with E-state index >= 15 is 0 Å². The number of likely N-dealkylation sites (tertiary alicyclic amines) is 1. The molecule has 0 atom stereocenters. The first kappa shape index (κ1) is 17.3. The molecule has 2 rings (SSSR count).